The number of carbonyl (C=O) groups is 1. The number of carbonyl (C=O) groups excluding carboxylic acids is 1. The van der Waals surface area contributed by atoms with Crippen LogP contribution in [0.2, 0.25) is 0 Å². The number of hydrogen-bond donors (Lipinski definition) is 0. The van der Waals surface area contributed by atoms with E-state index in [0.717, 1.165) is 43.3 Å². The molecule has 1 aliphatic rings. The number of furan rings is 1. The van der Waals surface area contributed by atoms with Crippen LogP contribution in [0.4, 0.5) is 5.69 Å². The lowest BCUT2D eigenvalue weighted by atomic mass is 10.2. The maximum absolute atomic E-state index is 12.6. The average molecular weight is 313 g/mol. The average Bonchev–Trinajstić information content (AvgIpc) is 2.84. The van der Waals surface area contributed by atoms with Crippen molar-refractivity contribution >= 4 is 11.6 Å². The third-order valence-electron chi connectivity index (χ3n) is 4.27. The number of rotatable bonds is 2. The van der Waals surface area contributed by atoms with Crippen LogP contribution in [0.15, 0.2) is 22.6 Å². The minimum Gasteiger partial charge on any atom is -0.466 e. The molecule has 0 aromatic carbocycles. The Labute approximate surface area is 136 Å². The molecule has 2 aromatic rings. The highest BCUT2D eigenvalue weighted by Gasteiger charge is 2.25. The third-order valence-corrected chi connectivity index (χ3v) is 4.27. The van der Waals surface area contributed by atoms with Crippen LogP contribution in [0, 0.1) is 27.7 Å². The first-order valence-electron chi connectivity index (χ1n) is 8.00. The molecular formula is C18H23N3O2. The second kappa shape index (κ2) is 6.07. The predicted molar refractivity (Wildman–Crippen MR) is 90.0 cm³/mol. The molecule has 122 valence electrons. The van der Waals surface area contributed by atoms with Gasteiger partial charge in [-0.25, -0.2) is 0 Å². The van der Waals surface area contributed by atoms with Gasteiger partial charge >= 0.3 is 0 Å². The molecule has 0 atom stereocenters. The molecule has 1 amide bonds. The topological polar surface area (TPSA) is 49.6 Å². The van der Waals surface area contributed by atoms with E-state index in [2.05, 4.69) is 22.0 Å². The van der Waals surface area contributed by atoms with Crippen molar-refractivity contribution in [1.29, 1.82) is 0 Å². The predicted octanol–water partition coefficient (Wildman–Crippen LogP) is 2.87. The zero-order valence-electron chi connectivity index (χ0n) is 14.2. The molecule has 0 bridgehead atoms. The summed E-state index contributed by atoms with van der Waals surface area (Å²) in [6.45, 7) is 10.9. The standard InChI is InChI=1S/C18H23N3O2/c1-12-9-16(10-13(2)19-12)20-5-7-21(8-6-20)18(22)17-11-14(3)23-15(17)4/h9-11H,5-8H2,1-4H3. The minimum atomic E-state index is 0.0705. The van der Waals surface area contributed by atoms with E-state index in [9.17, 15) is 4.79 Å². The summed E-state index contributed by atoms with van der Waals surface area (Å²) in [6, 6.07) is 6.04. The largest absolute Gasteiger partial charge is 0.466 e. The summed E-state index contributed by atoms with van der Waals surface area (Å²) < 4.78 is 5.48. The van der Waals surface area contributed by atoms with E-state index in [1.807, 2.05) is 38.7 Å². The van der Waals surface area contributed by atoms with Crippen molar-refractivity contribution in [3.63, 3.8) is 0 Å². The smallest absolute Gasteiger partial charge is 0.257 e. The molecule has 5 heteroatoms. The van der Waals surface area contributed by atoms with Gasteiger partial charge in [0.2, 0.25) is 0 Å². The first kappa shape index (κ1) is 15.6. The number of hydrogen-bond acceptors (Lipinski definition) is 4. The van der Waals surface area contributed by atoms with Crippen LogP contribution in [0.1, 0.15) is 33.3 Å². The van der Waals surface area contributed by atoms with Crippen LogP contribution in [-0.2, 0) is 0 Å². The van der Waals surface area contributed by atoms with Crippen molar-refractivity contribution in [3.05, 3.63) is 46.7 Å². The maximum Gasteiger partial charge on any atom is 0.257 e. The Hall–Kier alpha value is -2.30. The fourth-order valence-electron chi connectivity index (χ4n) is 3.18. The van der Waals surface area contributed by atoms with E-state index in [-0.39, 0.29) is 5.91 Å². The number of pyridine rings is 1. The highest BCUT2D eigenvalue weighted by Crippen LogP contribution is 2.21. The molecule has 23 heavy (non-hydrogen) atoms. The van der Waals surface area contributed by atoms with Gasteiger partial charge in [0.15, 0.2) is 0 Å². The van der Waals surface area contributed by atoms with Gasteiger partial charge in [0.1, 0.15) is 11.5 Å². The summed E-state index contributed by atoms with van der Waals surface area (Å²) in [6.07, 6.45) is 0. The molecule has 0 radical (unpaired) electrons. The molecule has 3 heterocycles. The first-order chi connectivity index (χ1) is 10.9. The number of aromatic nitrogens is 1. The van der Waals surface area contributed by atoms with Crippen molar-refractivity contribution in [2.24, 2.45) is 0 Å². The lowest BCUT2D eigenvalue weighted by molar-refractivity contribution is 0.0745. The van der Waals surface area contributed by atoms with E-state index in [0.29, 0.717) is 11.3 Å². The van der Waals surface area contributed by atoms with E-state index >= 15 is 0 Å². The van der Waals surface area contributed by atoms with Crippen LogP contribution in [-0.4, -0.2) is 42.0 Å². The highest BCUT2D eigenvalue weighted by molar-refractivity contribution is 5.95. The van der Waals surface area contributed by atoms with Crippen LogP contribution in [0.5, 0.6) is 0 Å². The van der Waals surface area contributed by atoms with Gasteiger partial charge in [-0.1, -0.05) is 0 Å². The van der Waals surface area contributed by atoms with Gasteiger partial charge in [0.05, 0.1) is 5.56 Å². The van der Waals surface area contributed by atoms with E-state index in [4.69, 9.17) is 4.42 Å². The van der Waals surface area contributed by atoms with E-state index in [1.54, 1.807) is 0 Å². The van der Waals surface area contributed by atoms with E-state index < -0.39 is 0 Å². The van der Waals surface area contributed by atoms with Crippen molar-refractivity contribution in [3.8, 4) is 0 Å². The fourth-order valence-corrected chi connectivity index (χ4v) is 3.18. The lowest BCUT2D eigenvalue weighted by Crippen LogP contribution is -2.48. The number of aryl methyl sites for hydroxylation is 4. The molecule has 0 spiro atoms. The molecule has 0 saturated carbocycles. The number of nitrogens with zero attached hydrogens (tertiary/aromatic N) is 3. The summed E-state index contributed by atoms with van der Waals surface area (Å²) in [5.74, 6) is 1.56. The highest BCUT2D eigenvalue weighted by atomic mass is 16.3. The Morgan fingerprint density at radius 1 is 1.00 bits per heavy atom. The van der Waals surface area contributed by atoms with Gasteiger partial charge < -0.3 is 14.2 Å². The number of amides is 1. The van der Waals surface area contributed by atoms with Crippen LogP contribution < -0.4 is 4.90 Å². The van der Waals surface area contributed by atoms with Crippen LogP contribution >= 0.6 is 0 Å². The summed E-state index contributed by atoms with van der Waals surface area (Å²) in [5.41, 5.74) is 3.94. The van der Waals surface area contributed by atoms with Gasteiger partial charge in [-0.05, 0) is 45.9 Å². The normalized spacial score (nSPS) is 15.1. The van der Waals surface area contributed by atoms with Gasteiger partial charge in [0.25, 0.3) is 5.91 Å². The molecule has 0 N–H and O–H groups in total. The lowest BCUT2D eigenvalue weighted by Gasteiger charge is -2.36. The Balaban J connectivity index is 1.68. The summed E-state index contributed by atoms with van der Waals surface area (Å²) in [7, 11) is 0. The van der Waals surface area contributed by atoms with Gasteiger partial charge in [-0.3, -0.25) is 9.78 Å². The fraction of sp³-hybridized carbons (Fsp3) is 0.444. The quantitative estimate of drug-likeness (QED) is 0.855. The SMILES string of the molecule is Cc1cc(N2CCN(C(=O)c3cc(C)oc3C)CC2)cc(C)n1. The summed E-state index contributed by atoms with van der Waals surface area (Å²) >= 11 is 0. The molecular weight excluding hydrogens is 290 g/mol. The third kappa shape index (κ3) is 3.23. The van der Waals surface area contributed by atoms with Crippen molar-refractivity contribution < 1.29 is 9.21 Å². The maximum atomic E-state index is 12.6. The number of piperazine rings is 1. The molecule has 0 unspecified atom stereocenters. The van der Waals surface area contributed by atoms with Crippen LogP contribution in [0.3, 0.4) is 0 Å². The molecule has 5 nitrogen and oxygen atoms in total. The molecule has 1 aliphatic heterocycles. The van der Waals surface area contributed by atoms with E-state index in [1.165, 1.54) is 5.69 Å². The molecule has 1 saturated heterocycles. The van der Waals surface area contributed by atoms with Crippen molar-refractivity contribution in [1.82, 2.24) is 9.88 Å². The minimum absolute atomic E-state index is 0.0705. The second-order valence-electron chi connectivity index (χ2n) is 6.21. The Bertz CT molecular complexity index is 708. The Morgan fingerprint density at radius 3 is 2.13 bits per heavy atom. The summed E-state index contributed by atoms with van der Waals surface area (Å²) in [4.78, 5) is 21.3. The molecule has 2 aromatic heterocycles. The zero-order valence-corrected chi connectivity index (χ0v) is 14.2. The van der Waals surface area contributed by atoms with Gasteiger partial charge in [0, 0.05) is 43.3 Å². The molecule has 1 fully saturated rings. The summed E-state index contributed by atoms with van der Waals surface area (Å²) in [5, 5.41) is 0. The Morgan fingerprint density at radius 2 is 1.61 bits per heavy atom. The van der Waals surface area contributed by atoms with Gasteiger partial charge in [-0.2, -0.15) is 0 Å². The monoisotopic (exact) mass is 313 g/mol. The van der Waals surface area contributed by atoms with Crippen molar-refractivity contribution in [2.45, 2.75) is 27.7 Å². The van der Waals surface area contributed by atoms with Crippen molar-refractivity contribution in [2.75, 3.05) is 31.1 Å². The number of anilines is 1. The second-order valence-corrected chi connectivity index (χ2v) is 6.21. The Kier molecular flexibility index (Phi) is 4.11. The first-order valence-corrected chi connectivity index (χ1v) is 8.00. The zero-order chi connectivity index (χ0) is 16.6. The molecule has 3 rings (SSSR count). The van der Waals surface area contributed by atoms with Gasteiger partial charge in [-0.15, -0.1) is 0 Å². The van der Waals surface area contributed by atoms with Crippen LogP contribution in [0.25, 0.3) is 0 Å². The molecule has 0 aliphatic carbocycles.